The van der Waals surface area contributed by atoms with E-state index in [-0.39, 0.29) is 11.3 Å². The first-order chi connectivity index (χ1) is 17.0. The minimum Gasteiger partial charge on any atom is -0.459 e. The van der Waals surface area contributed by atoms with Crippen LogP contribution in [0.3, 0.4) is 0 Å². The van der Waals surface area contributed by atoms with Crippen molar-refractivity contribution in [3.05, 3.63) is 95.8 Å². The SMILES string of the molecule is Cc1nc2ccccc2n1Cc1ccc(S(=O)(=O)N[C@@H](Cc2ccccc2)C(=O)OC(C)(C)C)cc1. The van der Waals surface area contributed by atoms with Crippen LogP contribution >= 0.6 is 0 Å². The van der Waals surface area contributed by atoms with Crippen molar-refractivity contribution in [2.45, 2.75) is 57.2 Å². The number of aromatic nitrogens is 2. The summed E-state index contributed by atoms with van der Waals surface area (Å²) in [6.45, 7) is 7.77. The van der Waals surface area contributed by atoms with Crippen molar-refractivity contribution in [2.24, 2.45) is 0 Å². The second-order valence-corrected chi connectivity index (χ2v) is 11.5. The molecule has 0 saturated carbocycles. The van der Waals surface area contributed by atoms with Gasteiger partial charge in [-0.05, 0) is 69.5 Å². The highest BCUT2D eigenvalue weighted by Crippen LogP contribution is 2.19. The van der Waals surface area contributed by atoms with Crippen molar-refractivity contribution in [3.8, 4) is 0 Å². The molecule has 0 fully saturated rings. The summed E-state index contributed by atoms with van der Waals surface area (Å²) in [5, 5.41) is 0. The third-order valence-electron chi connectivity index (χ3n) is 5.69. The van der Waals surface area contributed by atoms with Gasteiger partial charge in [-0.3, -0.25) is 4.79 Å². The number of aryl methyl sites for hydroxylation is 1. The number of hydrogen-bond acceptors (Lipinski definition) is 5. The lowest BCUT2D eigenvalue weighted by atomic mass is 10.1. The van der Waals surface area contributed by atoms with E-state index in [4.69, 9.17) is 4.74 Å². The van der Waals surface area contributed by atoms with Crippen LogP contribution < -0.4 is 4.72 Å². The number of sulfonamides is 1. The van der Waals surface area contributed by atoms with Crippen LogP contribution in [-0.2, 0) is 32.5 Å². The van der Waals surface area contributed by atoms with Crippen LogP contribution in [0.2, 0.25) is 0 Å². The minimum atomic E-state index is -3.97. The Labute approximate surface area is 212 Å². The van der Waals surface area contributed by atoms with Crippen molar-refractivity contribution in [1.29, 1.82) is 0 Å². The van der Waals surface area contributed by atoms with Crippen LogP contribution in [0.25, 0.3) is 11.0 Å². The third-order valence-corrected chi connectivity index (χ3v) is 7.18. The molecule has 0 aliphatic heterocycles. The van der Waals surface area contributed by atoms with Crippen molar-refractivity contribution in [2.75, 3.05) is 0 Å². The molecule has 1 atom stereocenters. The lowest BCUT2D eigenvalue weighted by Gasteiger charge is -2.24. The molecule has 0 unspecified atom stereocenters. The van der Waals surface area contributed by atoms with E-state index in [1.54, 1.807) is 45.0 Å². The average Bonchev–Trinajstić information content (AvgIpc) is 3.13. The second kappa shape index (κ2) is 10.2. The van der Waals surface area contributed by atoms with Crippen LogP contribution in [-0.4, -0.2) is 35.6 Å². The fraction of sp³-hybridized carbons (Fsp3) is 0.286. The Kier molecular flexibility index (Phi) is 7.28. The molecule has 7 nitrogen and oxygen atoms in total. The summed E-state index contributed by atoms with van der Waals surface area (Å²) in [6.07, 6.45) is 0.181. The molecule has 4 rings (SSSR count). The van der Waals surface area contributed by atoms with Crippen molar-refractivity contribution >= 4 is 27.0 Å². The Bertz CT molecular complexity index is 1450. The number of benzene rings is 3. The molecular formula is C28H31N3O4S. The first kappa shape index (κ1) is 25.6. The first-order valence-electron chi connectivity index (χ1n) is 11.8. The lowest BCUT2D eigenvalue weighted by molar-refractivity contribution is -0.156. The number of ether oxygens (including phenoxy) is 1. The highest BCUT2D eigenvalue weighted by Gasteiger charge is 2.30. The Morgan fingerprint density at radius 1 is 0.944 bits per heavy atom. The van der Waals surface area contributed by atoms with Gasteiger partial charge in [-0.2, -0.15) is 4.72 Å². The van der Waals surface area contributed by atoms with E-state index >= 15 is 0 Å². The molecule has 0 radical (unpaired) electrons. The van der Waals surface area contributed by atoms with Gasteiger partial charge in [0.25, 0.3) is 0 Å². The number of carbonyl (C=O) groups is 1. The molecule has 1 aromatic heterocycles. The van der Waals surface area contributed by atoms with Gasteiger partial charge in [-0.1, -0.05) is 54.6 Å². The Balaban J connectivity index is 1.54. The van der Waals surface area contributed by atoms with Gasteiger partial charge in [-0.15, -0.1) is 0 Å². The molecule has 3 aromatic carbocycles. The molecule has 0 aliphatic rings. The summed E-state index contributed by atoms with van der Waals surface area (Å²) in [6, 6.07) is 22.8. The van der Waals surface area contributed by atoms with E-state index in [1.165, 1.54) is 0 Å². The van der Waals surface area contributed by atoms with Gasteiger partial charge in [0, 0.05) is 6.54 Å². The molecule has 8 heteroatoms. The number of rotatable bonds is 8. The quantitative estimate of drug-likeness (QED) is 0.353. The molecule has 188 valence electrons. The standard InChI is InChI=1S/C28H31N3O4S/c1-20-29-24-12-8-9-13-26(24)31(20)19-22-14-16-23(17-15-22)36(33,34)30-25(27(32)35-28(2,3)4)18-21-10-6-5-7-11-21/h5-17,25,30H,18-19H2,1-4H3/t25-/m0/s1. The largest absolute Gasteiger partial charge is 0.459 e. The summed E-state index contributed by atoms with van der Waals surface area (Å²) < 4.78 is 36.6. The molecule has 0 spiro atoms. The topological polar surface area (TPSA) is 90.3 Å². The van der Waals surface area contributed by atoms with Gasteiger partial charge in [0.05, 0.1) is 15.9 Å². The highest BCUT2D eigenvalue weighted by atomic mass is 32.2. The molecule has 1 N–H and O–H groups in total. The number of nitrogens with one attached hydrogen (secondary N) is 1. The van der Waals surface area contributed by atoms with Crippen LogP contribution in [0.15, 0.2) is 83.8 Å². The van der Waals surface area contributed by atoms with E-state index in [1.807, 2.05) is 61.5 Å². The molecule has 1 heterocycles. The summed E-state index contributed by atoms with van der Waals surface area (Å²) in [7, 11) is -3.97. The molecule has 0 saturated heterocycles. The molecular weight excluding hydrogens is 474 g/mol. The molecule has 36 heavy (non-hydrogen) atoms. The predicted octanol–water partition coefficient (Wildman–Crippen LogP) is 4.62. The maximum Gasteiger partial charge on any atom is 0.325 e. The van der Waals surface area contributed by atoms with E-state index in [9.17, 15) is 13.2 Å². The summed E-state index contributed by atoms with van der Waals surface area (Å²) in [5.41, 5.74) is 2.97. The Hall–Kier alpha value is -3.49. The molecule has 0 bridgehead atoms. The predicted molar refractivity (Wildman–Crippen MR) is 140 cm³/mol. The van der Waals surface area contributed by atoms with E-state index in [0.29, 0.717) is 6.54 Å². The molecule has 4 aromatic rings. The summed E-state index contributed by atoms with van der Waals surface area (Å²) in [5.74, 6) is 0.268. The van der Waals surface area contributed by atoms with Crippen molar-refractivity contribution in [3.63, 3.8) is 0 Å². The van der Waals surface area contributed by atoms with Gasteiger partial charge in [0.2, 0.25) is 10.0 Å². The maximum atomic E-state index is 13.2. The minimum absolute atomic E-state index is 0.0834. The normalized spacial score (nSPS) is 13.0. The number of nitrogens with zero attached hydrogens (tertiary/aromatic N) is 2. The number of para-hydroxylation sites is 2. The number of carbonyl (C=O) groups excluding carboxylic acids is 1. The molecule has 0 amide bonds. The van der Waals surface area contributed by atoms with Crippen LogP contribution in [0.5, 0.6) is 0 Å². The van der Waals surface area contributed by atoms with E-state index in [0.717, 1.165) is 28.0 Å². The number of esters is 1. The highest BCUT2D eigenvalue weighted by molar-refractivity contribution is 7.89. The third kappa shape index (κ3) is 6.19. The fourth-order valence-corrected chi connectivity index (χ4v) is 5.19. The number of hydrogen-bond donors (Lipinski definition) is 1. The maximum absolute atomic E-state index is 13.2. The van der Waals surface area contributed by atoms with Crippen LogP contribution in [0.4, 0.5) is 0 Å². The van der Waals surface area contributed by atoms with Gasteiger partial charge in [0.15, 0.2) is 0 Å². The zero-order valence-corrected chi connectivity index (χ0v) is 21.7. The Morgan fingerprint density at radius 2 is 1.58 bits per heavy atom. The van der Waals surface area contributed by atoms with Gasteiger partial charge < -0.3 is 9.30 Å². The first-order valence-corrected chi connectivity index (χ1v) is 13.3. The van der Waals surface area contributed by atoms with Crippen molar-refractivity contribution in [1.82, 2.24) is 14.3 Å². The number of imidazole rings is 1. The monoisotopic (exact) mass is 505 g/mol. The molecule has 0 aliphatic carbocycles. The van der Waals surface area contributed by atoms with Gasteiger partial charge >= 0.3 is 5.97 Å². The second-order valence-electron chi connectivity index (χ2n) is 9.77. The zero-order valence-electron chi connectivity index (χ0n) is 20.9. The van der Waals surface area contributed by atoms with Crippen LogP contribution in [0.1, 0.15) is 37.7 Å². The zero-order chi connectivity index (χ0) is 25.9. The van der Waals surface area contributed by atoms with Crippen molar-refractivity contribution < 1.29 is 17.9 Å². The smallest absolute Gasteiger partial charge is 0.325 e. The lowest BCUT2D eigenvalue weighted by Crippen LogP contribution is -2.45. The summed E-state index contributed by atoms with van der Waals surface area (Å²) in [4.78, 5) is 17.6. The van der Waals surface area contributed by atoms with E-state index < -0.39 is 27.6 Å². The van der Waals surface area contributed by atoms with Gasteiger partial charge in [0.1, 0.15) is 17.5 Å². The van der Waals surface area contributed by atoms with Crippen LogP contribution in [0, 0.1) is 6.92 Å². The van der Waals surface area contributed by atoms with Gasteiger partial charge in [-0.25, -0.2) is 13.4 Å². The van der Waals surface area contributed by atoms with E-state index in [2.05, 4.69) is 14.3 Å². The average molecular weight is 506 g/mol. The number of fused-ring (bicyclic) bond motifs is 1. The summed E-state index contributed by atoms with van der Waals surface area (Å²) >= 11 is 0. The Morgan fingerprint density at radius 3 is 2.25 bits per heavy atom. The fourth-order valence-electron chi connectivity index (χ4n) is 4.00.